The quantitative estimate of drug-likeness (QED) is 0.798. The lowest BCUT2D eigenvalue weighted by atomic mass is 9.99. The Morgan fingerprint density at radius 1 is 1.16 bits per heavy atom. The largest absolute Gasteiger partial charge is 0.496 e. The van der Waals surface area contributed by atoms with Gasteiger partial charge < -0.3 is 9.64 Å². The van der Waals surface area contributed by atoms with Crippen LogP contribution in [0.5, 0.6) is 5.75 Å². The van der Waals surface area contributed by atoms with Crippen LogP contribution in [0.1, 0.15) is 50.2 Å². The van der Waals surface area contributed by atoms with Gasteiger partial charge in [0.05, 0.1) is 7.11 Å². The Hall–Kier alpha value is -1.02. The third-order valence-electron chi connectivity index (χ3n) is 4.09. The van der Waals surface area contributed by atoms with Crippen molar-refractivity contribution in [2.45, 2.75) is 45.4 Å². The summed E-state index contributed by atoms with van der Waals surface area (Å²) >= 11 is 0. The number of hydrogen-bond acceptors (Lipinski definition) is 2. The molecule has 19 heavy (non-hydrogen) atoms. The van der Waals surface area contributed by atoms with E-state index in [4.69, 9.17) is 4.74 Å². The van der Waals surface area contributed by atoms with Crippen LogP contribution in [0, 0.1) is 0 Å². The van der Waals surface area contributed by atoms with Gasteiger partial charge in [-0.05, 0) is 55.5 Å². The van der Waals surface area contributed by atoms with Gasteiger partial charge in [0.25, 0.3) is 0 Å². The summed E-state index contributed by atoms with van der Waals surface area (Å²) in [4.78, 5) is 2.59. The van der Waals surface area contributed by atoms with Crippen molar-refractivity contribution in [2.24, 2.45) is 0 Å². The molecule has 1 fully saturated rings. The first-order valence-electron chi connectivity index (χ1n) is 7.60. The normalized spacial score (nSPS) is 16.8. The van der Waals surface area contributed by atoms with Gasteiger partial charge in [-0.25, -0.2) is 0 Å². The summed E-state index contributed by atoms with van der Waals surface area (Å²) in [6, 6.07) is 6.72. The SMILES string of the molecule is COc1cc(CCN2CCCCC2)ccc1C(C)C. The molecule has 0 unspecified atom stereocenters. The number of hydrogen-bond donors (Lipinski definition) is 0. The second kappa shape index (κ2) is 6.95. The molecule has 1 saturated heterocycles. The Kier molecular flexibility index (Phi) is 5.26. The Bertz CT molecular complexity index is 394. The average Bonchev–Trinajstić information content (AvgIpc) is 2.45. The van der Waals surface area contributed by atoms with Gasteiger partial charge in [0, 0.05) is 6.54 Å². The van der Waals surface area contributed by atoms with Crippen LogP contribution in [0.2, 0.25) is 0 Å². The lowest BCUT2D eigenvalue weighted by Gasteiger charge is -2.26. The van der Waals surface area contributed by atoms with E-state index >= 15 is 0 Å². The third-order valence-corrected chi connectivity index (χ3v) is 4.09. The van der Waals surface area contributed by atoms with E-state index in [-0.39, 0.29) is 0 Å². The first-order chi connectivity index (χ1) is 9.20. The van der Waals surface area contributed by atoms with Crippen molar-refractivity contribution >= 4 is 0 Å². The van der Waals surface area contributed by atoms with Crippen LogP contribution in [0.25, 0.3) is 0 Å². The van der Waals surface area contributed by atoms with E-state index in [9.17, 15) is 0 Å². The highest BCUT2D eigenvalue weighted by molar-refractivity contribution is 5.39. The first-order valence-corrected chi connectivity index (χ1v) is 7.60. The van der Waals surface area contributed by atoms with Crippen molar-refractivity contribution in [1.82, 2.24) is 4.90 Å². The second-order valence-corrected chi connectivity index (χ2v) is 5.88. The van der Waals surface area contributed by atoms with Gasteiger partial charge in [0.2, 0.25) is 0 Å². The maximum absolute atomic E-state index is 5.53. The van der Waals surface area contributed by atoms with E-state index in [2.05, 4.69) is 36.9 Å². The number of ether oxygens (including phenoxy) is 1. The summed E-state index contributed by atoms with van der Waals surface area (Å²) in [5, 5.41) is 0. The van der Waals surface area contributed by atoms with Crippen molar-refractivity contribution in [3.05, 3.63) is 29.3 Å². The van der Waals surface area contributed by atoms with Crippen LogP contribution >= 0.6 is 0 Å². The Labute approximate surface area is 117 Å². The summed E-state index contributed by atoms with van der Waals surface area (Å²) in [6.07, 6.45) is 5.29. The summed E-state index contributed by atoms with van der Waals surface area (Å²) in [5.74, 6) is 1.57. The molecule has 0 bridgehead atoms. The number of benzene rings is 1. The molecular formula is C17H27NO. The highest BCUT2D eigenvalue weighted by Gasteiger charge is 2.11. The molecule has 2 heteroatoms. The minimum atomic E-state index is 0.520. The fraction of sp³-hybridized carbons (Fsp3) is 0.647. The van der Waals surface area contributed by atoms with Gasteiger partial charge in [-0.3, -0.25) is 0 Å². The minimum Gasteiger partial charge on any atom is -0.496 e. The molecule has 1 aliphatic heterocycles. The number of piperidine rings is 1. The maximum atomic E-state index is 5.53. The van der Waals surface area contributed by atoms with Crippen molar-refractivity contribution < 1.29 is 4.74 Å². The highest BCUT2D eigenvalue weighted by atomic mass is 16.5. The second-order valence-electron chi connectivity index (χ2n) is 5.88. The van der Waals surface area contributed by atoms with Crippen LogP contribution in [0.15, 0.2) is 18.2 Å². The van der Waals surface area contributed by atoms with E-state index in [0.29, 0.717) is 5.92 Å². The van der Waals surface area contributed by atoms with Crippen LogP contribution in [0.3, 0.4) is 0 Å². The Morgan fingerprint density at radius 3 is 2.53 bits per heavy atom. The highest BCUT2D eigenvalue weighted by Crippen LogP contribution is 2.27. The minimum absolute atomic E-state index is 0.520. The molecule has 1 aromatic carbocycles. The van der Waals surface area contributed by atoms with E-state index < -0.39 is 0 Å². The Balaban J connectivity index is 1.96. The van der Waals surface area contributed by atoms with Crippen molar-refractivity contribution in [1.29, 1.82) is 0 Å². The molecule has 2 rings (SSSR count). The summed E-state index contributed by atoms with van der Waals surface area (Å²) < 4.78 is 5.53. The molecule has 1 heterocycles. The smallest absolute Gasteiger partial charge is 0.122 e. The molecule has 0 aliphatic carbocycles. The van der Waals surface area contributed by atoms with Crippen LogP contribution < -0.4 is 4.74 Å². The molecule has 0 atom stereocenters. The molecule has 2 nitrogen and oxygen atoms in total. The van der Waals surface area contributed by atoms with Gasteiger partial charge in [-0.15, -0.1) is 0 Å². The van der Waals surface area contributed by atoms with Crippen molar-refractivity contribution in [3.8, 4) is 5.75 Å². The van der Waals surface area contributed by atoms with Gasteiger partial charge in [0.1, 0.15) is 5.75 Å². The molecular weight excluding hydrogens is 234 g/mol. The van der Waals surface area contributed by atoms with E-state index in [1.165, 1.54) is 50.0 Å². The predicted octanol–water partition coefficient (Wildman–Crippen LogP) is 3.85. The molecule has 0 N–H and O–H groups in total. The molecule has 0 saturated carbocycles. The monoisotopic (exact) mass is 261 g/mol. The predicted molar refractivity (Wildman–Crippen MR) is 81.1 cm³/mol. The number of rotatable bonds is 5. The number of methoxy groups -OCH3 is 1. The molecule has 1 aromatic rings. The number of likely N-dealkylation sites (tertiary alicyclic amines) is 1. The van der Waals surface area contributed by atoms with Crippen LogP contribution in [-0.2, 0) is 6.42 Å². The van der Waals surface area contributed by atoms with E-state index in [0.717, 1.165) is 12.2 Å². The van der Waals surface area contributed by atoms with Gasteiger partial charge >= 0.3 is 0 Å². The van der Waals surface area contributed by atoms with Crippen molar-refractivity contribution in [3.63, 3.8) is 0 Å². The zero-order chi connectivity index (χ0) is 13.7. The van der Waals surface area contributed by atoms with Crippen LogP contribution in [0.4, 0.5) is 0 Å². The fourth-order valence-electron chi connectivity index (χ4n) is 2.86. The molecule has 0 aromatic heterocycles. The van der Waals surface area contributed by atoms with Gasteiger partial charge in [-0.1, -0.05) is 32.4 Å². The topological polar surface area (TPSA) is 12.5 Å². The van der Waals surface area contributed by atoms with Gasteiger partial charge in [-0.2, -0.15) is 0 Å². The van der Waals surface area contributed by atoms with Crippen molar-refractivity contribution in [2.75, 3.05) is 26.7 Å². The Morgan fingerprint density at radius 2 is 1.89 bits per heavy atom. The van der Waals surface area contributed by atoms with Crippen LogP contribution in [-0.4, -0.2) is 31.6 Å². The van der Waals surface area contributed by atoms with Gasteiger partial charge in [0.15, 0.2) is 0 Å². The molecule has 106 valence electrons. The lowest BCUT2D eigenvalue weighted by molar-refractivity contribution is 0.231. The number of nitrogens with zero attached hydrogens (tertiary/aromatic N) is 1. The first kappa shape index (κ1) is 14.4. The molecule has 0 radical (unpaired) electrons. The summed E-state index contributed by atoms with van der Waals surface area (Å²) in [6.45, 7) is 8.17. The summed E-state index contributed by atoms with van der Waals surface area (Å²) in [5.41, 5.74) is 2.70. The standard InChI is InChI=1S/C17H27NO/c1-14(2)16-8-7-15(13-17(16)19-3)9-12-18-10-5-4-6-11-18/h7-8,13-14H,4-6,9-12H2,1-3H3. The fourth-order valence-corrected chi connectivity index (χ4v) is 2.86. The summed E-state index contributed by atoms with van der Waals surface area (Å²) in [7, 11) is 1.77. The molecule has 1 aliphatic rings. The lowest BCUT2D eigenvalue weighted by Crippen LogP contribution is -2.31. The van der Waals surface area contributed by atoms with E-state index in [1.807, 2.05) is 0 Å². The maximum Gasteiger partial charge on any atom is 0.122 e. The average molecular weight is 261 g/mol. The van der Waals surface area contributed by atoms with E-state index in [1.54, 1.807) is 7.11 Å². The zero-order valence-corrected chi connectivity index (χ0v) is 12.6. The molecule has 0 spiro atoms. The molecule has 0 amide bonds. The third kappa shape index (κ3) is 3.97. The zero-order valence-electron chi connectivity index (χ0n) is 12.6.